The number of rotatable bonds is 6. The molecular formula is C26H36ClN5O2. The maximum absolute atomic E-state index is 13.5. The van der Waals surface area contributed by atoms with Crippen LogP contribution in [0.3, 0.4) is 0 Å². The molecule has 0 spiro atoms. The summed E-state index contributed by atoms with van der Waals surface area (Å²) < 4.78 is 0. The Labute approximate surface area is 207 Å². The summed E-state index contributed by atoms with van der Waals surface area (Å²) in [4.78, 5) is 30.4. The van der Waals surface area contributed by atoms with Crippen molar-refractivity contribution in [2.24, 2.45) is 16.9 Å². The van der Waals surface area contributed by atoms with Crippen LogP contribution in [-0.4, -0.2) is 45.8 Å². The maximum atomic E-state index is 13.5. The van der Waals surface area contributed by atoms with Gasteiger partial charge in [0.05, 0.1) is 12.5 Å². The molecule has 3 unspecified atom stereocenters. The molecule has 34 heavy (non-hydrogen) atoms. The smallest absolute Gasteiger partial charge is 0.231 e. The van der Waals surface area contributed by atoms with Gasteiger partial charge in [-0.3, -0.25) is 19.9 Å². The Morgan fingerprint density at radius 2 is 1.91 bits per heavy atom. The molecule has 2 amide bonds. The zero-order chi connectivity index (χ0) is 23.7. The molecule has 2 N–H and O–H groups in total. The zero-order valence-electron chi connectivity index (χ0n) is 20.0. The average Bonchev–Trinajstić information content (AvgIpc) is 3.27. The van der Waals surface area contributed by atoms with Gasteiger partial charge in [-0.1, -0.05) is 49.6 Å². The Hall–Kier alpha value is -2.28. The third-order valence-corrected chi connectivity index (χ3v) is 8.48. The number of fused-ring (bicyclic) bond motifs is 3. The van der Waals surface area contributed by atoms with E-state index in [4.69, 9.17) is 11.6 Å². The monoisotopic (exact) mass is 485 g/mol. The minimum atomic E-state index is -0.319. The Kier molecular flexibility index (Phi) is 7.00. The predicted octanol–water partition coefficient (Wildman–Crippen LogP) is 4.22. The van der Waals surface area contributed by atoms with E-state index in [1.807, 2.05) is 29.2 Å². The van der Waals surface area contributed by atoms with Gasteiger partial charge in [-0.05, 0) is 56.1 Å². The molecule has 2 heterocycles. The van der Waals surface area contributed by atoms with Crippen molar-refractivity contribution < 1.29 is 9.59 Å². The molecule has 1 aromatic carbocycles. The molecule has 2 saturated carbocycles. The molecule has 3 atom stereocenters. The van der Waals surface area contributed by atoms with Crippen molar-refractivity contribution in [1.82, 2.24) is 20.5 Å². The van der Waals surface area contributed by atoms with E-state index >= 15 is 0 Å². The Bertz CT molecular complexity index is 945. The summed E-state index contributed by atoms with van der Waals surface area (Å²) in [5.74, 6) is 1.91. The van der Waals surface area contributed by atoms with Crippen LogP contribution in [0.2, 0.25) is 5.02 Å². The van der Waals surface area contributed by atoms with Gasteiger partial charge in [0.2, 0.25) is 11.8 Å². The van der Waals surface area contributed by atoms with Gasteiger partial charge in [0, 0.05) is 29.9 Å². The van der Waals surface area contributed by atoms with Gasteiger partial charge in [-0.15, -0.1) is 0 Å². The van der Waals surface area contributed by atoms with E-state index in [1.165, 1.54) is 12.8 Å². The van der Waals surface area contributed by atoms with E-state index in [9.17, 15) is 9.59 Å². The van der Waals surface area contributed by atoms with Gasteiger partial charge in [0.1, 0.15) is 5.84 Å². The van der Waals surface area contributed by atoms with Crippen LogP contribution in [0.25, 0.3) is 0 Å². The fraction of sp³-hybridized carbons (Fsp3) is 0.654. The quantitative estimate of drug-likeness (QED) is 0.632. The molecule has 0 bridgehead atoms. The topological polar surface area (TPSA) is 77.0 Å². The number of hydrogen-bond acceptors (Lipinski definition) is 5. The number of hydrogen-bond donors (Lipinski definition) is 2. The Morgan fingerprint density at radius 3 is 2.71 bits per heavy atom. The largest absolute Gasteiger partial charge is 0.353 e. The van der Waals surface area contributed by atoms with Crippen molar-refractivity contribution in [3.63, 3.8) is 0 Å². The summed E-state index contributed by atoms with van der Waals surface area (Å²) in [5.41, 5.74) is 4.15. The van der Waals surface area contributed by atoms with Crippen LogP contribution in [0.15, 0.2) is 29.4 Å². The summed E-state index contributed by atoms with van der Waals surface area (Å²) in [7, 11) is 0. The molecule has 0 aromatic heterocycles. The van der Waals surface area contributed by atoms with Crippen LogP contribution in [-0.2, 0) is 16.1 Å². The van der Waals surface area contributed by atoms with Gasteiger partial charge in [-0.25, -0.2) is 0 Å². The Morgan fingerprint density at radius 1 is 1.15 bits per heavy atom. The fourth-order valence-electron chi connectivity index (χ4n) is 6.14. The van der Waals surface area contributed by atoms with Crippen LogP contribution >= 0.6 is 11.6 Å². The number of carbonyl (C=O) groups is 2. The number of hydrazone groups is 1. The van der Waals surface area contributed by atoms with Gasteiger partial charge >= 0.3 is 0 Å². The van der Waals surface area contributed by atoms with Crippen LogP contribution in [0.1, 0.15) is 76.7 Å². The average molecular weight is 486 g/mol. The van der Waals surface area contributed by atoms with Crippen molar-refractivity contribution in [3.05, 3.63) is 34.9 Å². The molecule has 1 saturated heterocycles. The molecule has 8 heteroatoms. The van der Waals surface area contributed by atoms with Crippen molar-refractivity contribution in [1.29, 1.82) is 0 Å². The molecule has 2 aliphatic heterocycles. The number of halogens is 1. The number of carbonyl (C=O) groups excluding carboxylic acids is 2. The first kappa shape index (κ1) is 23.5. The van der Waals surface area contributed by atoms with Crippen molar-refractivity contribution in [2.75, 3.05) is 0 Å². The van der Waals surface area contributed by atoms with Gasteiger partial charge in [0.25, 0.3) is 0 Å². The summed E-state index contributed by atoms with van der Waals surface area (Å²) in [6.07, 6.45) is 9.30. The van der Waals surface area contributed by atoms with E-state index in [2.05, 4.69) is 27.7 Å². The summed E-state index contributed by atoms with van der Waals surface area (Å²) >= 11 is 6.43. The van der Waals surface area contributed by atoms with Crippen molar-refractivity contribution >= 4 is 29.3 Å². The minimum absolute atomic E-state index is 0.0318. The van der Waals surface area contributed by atoms with E-state index in [1.54, 1.807) is 0 Å². The van der Waals surface area contributed by atoms with Gasteiger partial charge in [0.15, 0.2) is 6.29 Å². The first-order chi connectivity index (χ1) is 16.5. The van der Waals surface area contributed by atoms with E-state index in [0.717, 1.165) is 55.8 Å². The minimum Gasteiger partial charge on any atom is -0.353 e. The van der Waals surface area contributed by atoms with Crippen LogP contribution in [0, 0.1) is 11.8 Å². The van der Waals surface area contributed by atoms with Crippen molar-refractivity contribution in [3.8, 4) is 0 Å². The standard InChI is InChI=1S/C26H36ClN5O2/c1-17-10-12-19(13-11-17)28-24(33)15-14-23-29-30-26-31(16-18-6-2-4-8-21(18)27)25(34)20-7-3-5-9-22(20)32(23)26/h2,4,6,8,17,19-20,22,26,30H,3,5,7,9-16H2,1H3,(H,28,33). The lowest BCUT2D eigenvalue weighted by Crippen LogP contribution is -2.67. The maximum Gasteiger partial charge on any atom is 0.231 e. The third kappa shape index (κ3) is 4.77. The molecule has 1 aromatic rings. The van der Waals surface area contributed by atoms with Gasteiger partial charge in [-0.2, -0.15) is 5.10 Å². The van der Waals surface area contributed by atoms with Crippen LogP contribution in [0.4, 0.5) is 0 Å². The highest BCUT2D eigenvalue weighted by Gasteiger charge is 2.50. The zero-order valence-corrected chi connectivity index (χ0v) is 20.8. The summed E-state index contributed by atoms with van der Waals surface area (Å²) in [6, 6.07) is 8.14. The third-order valence-electron chi connectivity index (χ3n) is 8.11. The molecule has 3 fully saturated rings. The first-order valence-corrected chi connectivity index (χ1v) is 13.3. The first-order valence-electron chi connectivity index (χ1n) is 12.9. The SMILES string of the molecule is CC1CCC(NC(=O)CCC2=NNC3N(Cc4ccccc4Cl)C(=O)C4CCCCC4N23)CC1. The second-order valence-corrected chi connectivity index (χ2v) is 10.9. The number of nitrogens with zero attached hydrogens (tertiary/aromatic N) is 3. The highest BCUT2D eigenvalue weighted by atomic mass is 35.5. The van der Waals surface area contributed by atoms with Crippen LogP contribution in [0.5, 0.6) is 0 Å². The number of amidine groups is 1. The lowest BCUT2D eigenvalue weighted by atomic mass is 9.80. The second kappa shape index (κ2) is 10.1. The lowest BCUT2D eigenvalue weighted by Gasteiger charge is -2.50. The van der Waals surface area contributed by atoms with Crippen LogP contribution < -0.4 is 10.7 Å². The number of amides is 2. The molecule has 4 aliphatic rings. The van der Waals surface area contributed by atoms with E-state index in [-0.39, 0.29) is 30.1 Å². The highest BCUT2D eigenvalue weighted by Crippen LogP contribution is 2.38. The summed E-state index contributed by atoms with van der Waals surface area (Å²) in [6.45, 7) is 2.73. The van der Waals surface area contributed by atoms with Crippen molar-refractivity contribution in [2.45, 2.75) is 96.1 Å². The van der Waals surface area contributed by atoms with Gasteiger partial charge < -0.3 is 10.2 Å². The highest BCUT2D eigenvalue weighted by molar-refractivity contribution is 6.31. The number of nitrogens with one attached hydrogen (secondary N) is 2. The second-order valence-electron chi connectivity index (χ2n) is 10.5. The van der Waals surface area contributed by atoms with E-state index in [0.29, 0.717) is 30.5 Å². The lowest BCUT2D eigenvalue weighted by molar-refractivity contribution is -0.156. The molecular weight excluding hydrogens is 450 g/mol. The summed E-state index contributed by atoms with van der Waals surface area (Å²) in [5, 5.41) is 8.54. The number of benzene rings is 1. The molecule has 2 aliphatic carbocycles. The molecule has 7 nitrogen and oxygen atoms in total. The predicted molar refractivity (Wildman–Crippen MR) is 133 cm³/mol. The van der Waals surface area contributed by atoms with E-state index < -0.39 is 0 Å². The molecule has 0 radical (unpaired) electrons. The fourth-order valence-corrected chi connectivity index (χ4v) is 6.34. The molecule has 184 valence electrons. The Balaban J connectivity index is 1.27. The normalized spacial score (nSPS) is 30.8. The molecule has 5 rings (SSSR count).